The average molecular weight is 369 g/mol. The van der Waals surface area contributed by atoms with Crippen molar-refractivity contribution in [2.75, 3.05) is 38.6 Å². The van der Waals surface area contributed by atoms with E-state index in [1.807, 2.05) is 35.2 Å². The van der Waals surface area contributed by atoms with E-state index in [0.29, 0.717) is 42.8 Å². The first-order chi connectivity index (χ1) is 13.2. The van der Waals surface area contributed by atoms with Crippen LogP contribution in [0, 0.1) is 0 Å². The van der Waals surface area contributed by atoms with E-state index in [1.165, 1.54) is 0 Å². The highest BCUT2D eigenvalue weighted by molar-refractivity contribution is 6.01. The van der Waals surface area contributed by atoms with Gasteiger partial charge in [-0.1, -0.05) is 43.7 Å². The van der Waals surface area contributed by atoms with E-state index in [9.17, 15) is 4.79 Å². The maximum atomic E-state index is 13.2. The summed E-state index contributed by atoms with van der Waals surface area (Å²) in [6, 6.07) is 10.4. The van der Waals surface area contributed by atoms with Crippen molar-refractivity contribution in [1.82, 2.24) is 20.0 Å². The fraction of sp³-hybridized carbons (Fsp3) is 0.500. The van der Waals surface area contributed by atoms with Gasteiger partial charge in [0.15, 0.2) is 5.82 Å². The number of anilines is 1. The monoisotopic (exact) mass is 369 g/mol. The predicted molar refractivity (Wildman–Crippen MR) is 104 cm³/mol. The minimum absolute atomic E-state index is 0.0460. The number of benzene rings is 1. The number of aromatic amines is 1. The van der Waals surface area contributed by atoms with Gasteiger partial charge in [-0.3, -0.25) is 14.8 Å². The van der Waals surface area contributed by atoms with Crippen LogP contribution >= 0.6 is 0 Å². The summed E-state index contributed by atoms with van der Waals surface area (Å²) in [5, 5.41) is 6.96. The zero-order valence-corrected chi connectivity index (χ0v) is 15.7. The quantitative estimate of drug-likeness (QED) is 0.860. The molecule has 2 saturated heterocycles. The number of rotatable bonds is 4. The van der Waals surface area contributed by atoms with Gasteiger partial charge in [0.2, 0.25) is 0 Å². The molecule has 2 atom stereocenters. The van der Waals surface area contributed by atoms with E-state index in [-0.39, 0.29) is 11.9 Å². The van der Waals surface area contributed by atoms with Gasteiger partial charge < -0.3 is 15.4 Å². The third-order valence-corrected chi connectivity index (χ3v) is 5.60. The largest absolute Gasteiger partial charge is 0.382 e. The van der Waals surface area contributed by atoms with Crippen molar-refractivity contribution >= 4 is 11.7 Å². The molecular formula is C20H27N5O2. The Bertz CT molecular complexity index is 789. The highest BCUT2D eigenvalue weighted by Crippen LogP contribution is 2.29. The standard InChI is InChI=1S/C20H27N5O2/c1-2-6-15-12-27-13-16-11-24(9-10-25(15)16)20(26)18-17(19(21)23-22-18)14-7-4-3-5-8-14/h3-5,7-8,15-16H,2,6,9-13H2,1H3,(H3,21,22,23)/t15-,16+/m0/s1. The number of carbonyl (C=O) groups is 1. The first kappa shape index (κ1) is 18.0. The number of nitrogens with two attached hydrogens (primary N) is 1. The Balaban J connectivity index is 1.54. The van der Waals surface area contributed by atoms with Crippen LogP contribution < -0.4 is 5.73 Å². The second kappa shape index (κ2) is 7.70. The molecule has 3 N–H and O–H groups in total. The Morgan fingerprint density at radius 1 is 1.30 bits per heavy atom. The second-order valence-corrected chi connectivity index (χ2v) is 7.35. The van der Waals surface area contributed by atoms with Crippen molar-refractivity contribution in [3.05, 3.63) is 36.0 Å². The van der Waals surface area contributed by atoms with Crippen molar-refractivity contribution in [3.63, 3.8) is 0 Å². The molecule has 7 heteroatoms. The predicted octanol–water partition coefficient (Wildman–Crippen LogP) is 1.98. The van der Waals surface area contributed by atoms with Gasteiger partial charge in [-0.25, -0.2) is 0 Å². The molecule has 0 spiro atoms. The van der Waals surface area contributed by atoms with Gasteiger partial charge in [0.1, 0.15) is 5.69 Å². The number of nitrogens with zero attached hydrogens (tertiary/aromatic N) is 3. The molecule has 2 aliphatic rings. The summed E-state index contributed by atoms with van der Waals surface area (Å²) in [5.41, 5.74) is 8.11. The Morgan fingerprint density at radius 3 is 2.89 bits per heavy atom. The molecule has 2 aliphatic heterocycles. The van der Waals surface area contributed by atoms with Crippen LogP contribution in [0.4, 0.5) is 5.82 Å². The lowest BCUT2D eigenvalue weighted by Gasteiger charge is -2.48. The number of ether oxygens (including phenoxy) is 1. The van der Waals surface area contributed by atoms with Crippen molar-refractivity contribution in [1.29, 1.82) is 0 Å². The summed E-state index contributed by atoms with van der Waals surface area (Å²) in [6.45, 7) is 5.95. The number of fused-ring (bicyclic) bond motifs is 1. The van der Waals surface area contributed by atoms with Crippen molar-refractivity contribution in [2.24, 2.45) is 0 Å². The number of hydrogen-bond acceptors (Lipinski definition) is 5. The Hall–Kier alpha value is -2.38. The van der Waals surface area contributed by atoms with E-state index in [2.05, 4.69) is 22.0 Å². The number of nitrogen functional groups attached to an aromatic ring is 1. The fourth-order valence-electron chi connectivity index (χ4n) is 4.27. The molecule has 144 valence electrons. The normalized spacial score (nSPS) is 23.2. The maximum absolute atomic E-state index is 13.2. The fourth-order valence-corrected chi connectivity index (χ4v) is 4.27. The molecule has 0 unspecified atom stereocenters. The smallest absolute Gasteiger partial charge is 0.272 e. The summed E-state index contributed by atoms with van der Waals surface area (Å²) in [5.74, 6) is 0.308. The number of nitrogens with one attached hydrogen (secondary N) is 1. The highest BCUT2D eigenvalue weighted by atomic mass is 16.5. The summed E-state index contributed by atoms with van der Waals surface area (Å²) in [6.07, 6.45) is 2.29. The molecule has 0 radical (unpaired) electrons. The first-order valence-corrected chi connectivity index (χ1v) is 9.71. The highest BCUT2D eigenvalue weighted by Gasteiger charge is 2.37. The summed E-state index contributed by atoms with van der Waals surface area (Å²) in [7, 11) is 0. The van der Waals surface area contributed by atoms with Gasteiger partial charge in [-0.2, -0.15) is 5.10 Å². The molecule has 0 aliphatic carbocycles. The lowest BCUT2D eigenvalue weighted by atomic mass is 10.0. The summed E-state index contributed by atoms with van der Waals surface area (Å²) in [4.78, 5) is 17.7. The molecular weight excluding hydrogens is 342 g/mol. The Kier molecular flexibility index (Phi) is 5.13. The molecule has 3 heterocycles. The van der Waals surface area contributed by atoms with Crippen molar-refractivity contribution in [3.8, 4) is 11.1 Å². The molecule has 7 nitrogen and oxygen atoms in total. The van der Waals surface area contributed by atoms with Crippen LogP contribution in [0.25, 0.3) is 11.1 Å². The van der Waals surface area contributed by atoms with E-state index in [4.69, 9.17) is 10.5 Å². The molecule has 1 aromatic carbocycles. The molecule has 1 aromatic heterocycles. The molecule has 4 rings (SSSR count). The van der Waals surface area contributed by atoms with Crippen LogP contribution in [0.1, 0.15) is 30.3 Å². The third kappa shape index (κ3) is 3.44. The van der Waals surface area contributed by atoms with Crippen LogP contribution in [0.3, 0.4) is 0 Å². The molecule has 0 bridgehead atoms. The lowest BCUT2D eigenvalue weighted by molar-refractivity contribution is -0.0776. The zero-order valence-electron chi connectivity index (χ0n) is 15.7. The zero-order chi connectivity index (χ0) is 18.8. The molecule has 27 heavy (non-hydrogen) atoms. The topological polar surface area (TPSA) is 87.5 Å². The van der Waals surface area contributed by atoms with Crippen LogP contribution in [-0.2, 0) is 4.74 Å². The minimum atomic E-state index is -0.0460. The molecule has 1 amide bonds. The minimum Gasteiger partial charge on any atom is -0.382 e. The van der Waals surface area contributed by atoms with E-state index in [0.717, 1.165) is 31.6 Å². The third-order valence-electron chi connectivity index (χ3n) is 5.60. The van der Waals surface area contributed by atoms with E-state index >= 15 is 0 Å². The Morgan fingerprint density at radius 2 is 2.11 bits per heavy atom. The van der Waals surface area contributed by atoms with Crippen LogP contribution in [0.5, 0.6) is 0 Å². The number of morpholine rings is 1. The molecule has 2 fully saturated rings. The molecule has 2 aromatic rings. The van der Waals surface area contributed by atoms with E-state index < -0.39 is 0 Å². The summed E-state index contributed by atoms with van der Waals surface area (Å²) >= 11 is 0. The number of hydrogen-bond donors (Lipinski definition) is 2. The number of piperazine rings is 1. The number of amides is 1. The van der Waals surface area contributed by atoms with Gasteiger partial charge in [-0.15, -0.1) is 0 Å². The Labute approximate surface area is 159 Å². The summed E-state index contributed by atoms with van der Waals surface area (Å²) < 4.78 is 5.82. The van der Waals surface area contributed by atoms with Gasteiger partial charge >= 0.3 is 0 Å². The van der Waals surface area contributed by atoms with Crippen LogP contribution in [-0.4, -0.2) is 70.8 Å². The number of carbonyl (C=O) groups excluding carboxylic acids is 1. The maximum Gasteiger partial charge on any atom is 0.272 e. The van der Waals surface area contributed by atoms with Crippen molar-refractivity contribution < 1.29 is 9.53 Å². The van der Waals surface area contributed by atoms with Gasteiger partial charge in [0.05, 0.1) is 24.8 Å². The van der Waals surface area contributed by atoms with Gasteiger partial charge in [-0.05, 0) is 12.0 Å². The molecule has 0 saturated carbocycles. The van der Waals surface area contributed by atoms with Crippen molar-refractivity contribution in [2.45, 2.75) is 31.8 Å². The van der Waals surface area contributed by atoms with Crippen LogP contribution in [0.15, 0.2) is 30.3 Å². The van der Waals surface area contributed by atoms with Gasteiger partial charge in [0, 0.05) is 25.7 Å². The lowest BCUT2D eigenvalue weighted by Crippen LogP contribution is -2.62. The second-order valence-electron chi connectivity index (χ2n) is 7.35. The van der Waals surface area contributed by atoms with Crippen LogP contribution in [0.2, 0.25) is 0 Å². The van der Waals surface area contributed by atoms with Gasteiger partial charge in [0.25, 0.3) is 5.91 Å². The average Bonchev–Trinajstić information content (AvgIpc) is 3.09. The van der Waals surface area contributed by atoms with E-state index in [1.54, 1.807) is 0 Å². The first-order valence-electron chi connectivity index (χ1n) is 9.71. The number of H-pyrrole nitrogens is 1. The number of aromatic nitrogens is 2. The SMILES string of the molecule is CCC[C@H]1COC[C@H]2CN(C(=O)c3[nH]nc(N)c3-c3ccccc3)CCN12.